The summed E-state index contributed by atoms with van der Waals surface area (Å²) < 4.78 is 35.6. The molecule has 0 spiro atoms. The molecule has 0 aliphatic heterocycles. The molecule has 8 heteroatoms. The van der Waals surface area contributed by atoms with Gasteiger partial charge in [-0.3, -0.25) is 0 Å². The van der Waals surface area contributed by atoms with Crippen LogP contribution in [0.2, 0.25) is 0 Å². The normalized spacial score (nSPS) is 13.7. The number of unbranched alkanes of at least 4 members (excludes halogenated alkanes) is 1. The van der Waals surface area contributed by atoms with E-state index < -0.39 is 36.1 Å². The second-order valence-electron chi connectivity index (χ2n) is 5.61. The van der Waals surface area contributed by atoms with Gasteiger partial charge in [-0.2, -0.15) is 13.2 Å². The Kier molecular flexibility index (Phi) is 6.81. The number of carboxylic acids is 1. The van der Waals surface area contributed by atoms with Gasteiger partial charge in [-0.15, -0.1) is 0 Å². The predicted octanol–water partition coefficient (Wildman–Crippen LogP) is 2.52. The van der Waals surface area contributed by atoms with E-state index in [1.165, 1.54) is 0 Å². The van der Waals surface area contributed by atoms with Crippen LogP contribution in [0.25, 0.3) is 0 Å². The molecule has 0 aromatic carbocycles. The number of rotatable bonds is 6. The van der Waals surface area contributed by atoms with Crippen LogP contribution >= 0.6 is 0 Å². The summed E-state index contributed by atoms with van der Waals surface area (Å²) in [6, 6.07) is -1.77. The predicted molar refractivity (Wildman–Crippen MR) is 67.3 cm³/mol. The summed E-state index contributed by atoms with van der Waals surface area (Å²) in [4.78, 5) is 22.5. The number of hydrogen-bond acceptors (Lipinski definition) is 2. The third-order valence-electron chi connectivity index (χ3n) is 2.56. The van der Waals surface area contributed by atoms with Gasteiger partial charge in [-0.05, 0) is 18.3 Å². The first-order valence-corrected chi connectivity index (χ1v) is 6.27. The van der Waals surface area contributed by atoms with Crippen LogP contribution in [0.3, 0.4) is 0 Å². The number of carbonyl (C=O) groups is 2. The van der Waals surface area contributed by atoms with Crippen molar-refractivity contribution in [1.29, 1.82) is 0 Å². The Bertz CT molecular complexity index is 338. The van der Waals surface area contributed by atoms with Crippen molar-refractivity contribution in [1.82, 2.24) is 10.6 Å². The van der Waals surface area contributed by atoms with Crippen LogP contribution in [0.4, 0.5) is 18.0 Å². The molecule has 0 aliphatic carbocycles. The van der Waals surface area contributed by atoms with Gasteiger partial charge in [0.25, 0.3) is 0 Å². The molecule has 5 nitrogen and oxygen atoms in total. The molecule has 20 heavy (non-hydrogen) atoms. The van der Waals surface area contributed by atoms with E-state index in [9.17, 15) is 22.8 Å². The average Bonchev–Trinajstić information content (AvgIpc) is 2.21. The molecule has 0 heterocycles. The maximum atomic E-state index is 11.9. The maximum Gasteiger partial charge on any atom is 0.389 e. The lowest BCUT2D eigenvalue weighted by atomic mass is 9.87. The van der Waals surface area contributed by atoms with E-state index in [0.717, 1.165) is 0 Å². The van der Waals surface area contributed by atoms with Gasteiger partial charge in [0, 0.05) is 13.0 Å². The zero-order valence-electron chi connectivity index (χ0n) is 11.8. The fourth-order valence-electron chi connectivity index (χ4n) is 1.48. The molecule has 2 amide bonds. The molecule has 0 saturated heterocycles. The Morgan fingerprint density at radius 1 is 1.15 bits per heavy atom. The van der Waals surface area contributed by atoms with Crippen molar-refractivity contribution in [2.45, 2.75) is 52.3 Å². The molecular weight excluding hydrogens is 277 g/mol. The molecule has 118 valence electrons. The SMILES string of the molecule is CC(C)(C)[C@@H](NC(=O)NCCCCC(F)(F)F)C(=O)O. The summed E-state index contributed by atoms with van der Waals surface area (Å²) in [6.45, 7) is 5.05. The number of urea groups is 1. The van der Waals surface area contributed by atoms with E-state index >= 15 is 0 Å². The quantitative estimate of drug-likeness (QED) is 0.659. The minimum Gasteiger partial charge on any atom is -0.480 e. The van der Waals surface area contributed by atoms with Crippen LogP contribution in [-0.2, 0) is 4.79 Å². The molecule has 0 bridgehead atoms. The largest absolute Gasteiger partial charge is 0.480 e. The molecular formula is C12H21F3N2O3. The molecule has 0 rings (SSSR count). The summed E-state index contributed by atoms with van der Waals surface area (Å²) in [5, 5.41) is 13.6. The van der Waals surface area contributed by atoms with E-state index in [1.54, 1.807) is 20.8 Å². The van der Waals surface area contributed by atoms with E-state index in [2.05, 4.69) is 10.6 Å². The van der Waals surface area contributed by atoms with Crippen molar-refractivity contribution in [3.8, 4) is 0 Å². The highest BCUT2D eigenvalue weighted by Crippen LogP contribution is 2.22. The molecule has 3 N–H and O–H groups in total. The first-order valence-electron chi connectivity index (χ1n) is 6.27. The second kappa shape index (κ2) is 7.35. The van der Waals surface area contributed by atoms with Crippen molar-refractivity contribution in [2.75, 3.05) is 6.54 Å². The number of amides is 2. The van der Waals surface area contributed by atoms with E-state index in [1.807, 2.05) is 0 Å². The molecule has 1 atom stereocenters. The number of nitrogens with one attached hydrogen (secondary N) is 2. The molecule has 0 radical (unpaired) electrons. The molecule has 0 aromatic heterocycles. The number of alkyl halides is 3. The van der Waals surface area contributed by atoms with Crippen LogP contribution in [0, 0.1) is 5.41 Å². The van der Waals surface area contributed by atoms with Crippen molar-refractivity contribution in [3.05, 3.63) is 0 Å². The highest BCUT2D eigenvalue weighted by atomic mass is 19.4. The third kappa shape index (κ3) is 8.60. The van der Waals surface area contributed by atoms with E-state index in [4.69, 9.17) is 5.11 Å². The minimum atomic E-state index is -4.19. The summed E-state index contributed by atoms with van der Waals surface area (Å²) in [5.41, 5.74) is -0.667. The summed E-state index contributed by atoms with van der Waals surface area (Å²) in [6.07, 6.45) is -4.98. The zero-order chi connectivity index (χ0) is 16.0. The Morgan fingerprint density at radius 3 is 2.10 bits per heavy atom. The molecule has 0 aliphatic rings. The highest BCUT2D eigenvalue weighted by molar-refractivity contribution is 5.83. The smallest absolute Gasteiger partial charge is 0.389 e. The van der Waals surface area contributed by atoms with Crippen LogP contribution < -0.4 is 10.6 Å². The van der Waals surface area contributed by atoms with Crippen molar-refractivity contribution in [2.24, 2.45) is 5.41 Å². The monoisotopic (exact) mass is 298 g/mol. The van der Waals surface area contributed by atoms with E-state index in [0.29, 0.717) is 0 Å². The fourth-order valence-corrected chi connectivity index (χ4v) is 1.48. The number of halogens is 3. The molecule has 0 unspecified atom stereocenters. The van der Waals surface area contributed by atoms with Crippen molar-refractivity contribution >= 4 is 12.0 Å². The second-order valence-corrected chi connectivity index (χ2v) is 5.61. The van der Waals surface area contributed by atoms with Crippen LogP contribution in [0.5, 0.6) is 0 Å². The Labute approximate surface area is 115 Å². The lowest BCUT2D eigenvalue weighted by Crippen LogP contribution is -2.52. The lowest BCUT2D eigenvalue weighted by Gasteiger charge is -2.27. The first kappa shape index (κ1) is 18.5. The third-order valence-corrected chi connectivity index (χ3v) is 2.56. The van der Waals surface area contributed by atoms with E-state index in [-0.39, 0.29) is 19.4 Å². The number of carboxylic acid groups (broad SMARTS) is 1. The summed E-state index contributed by atoms with van der Waals surface area (Å²) >= 11 is 0. The van der Waals surface area contributed by atoms with Gasteiger partial charge < -0.3 is 15.7 Å². The molecule has 0 fully saturated rings. The van der Waals surface area contributed by atoms with Gasteiger partial charge in [0.15, 0.2) is 0 Å². The molecule has 0 saturated carbocycles. The fraction of sp³-hybridized carbons (Fsp3) is 0.833. The summed E-state index contributed by atoms with van der Waals surface area (Å²) in [7, 11) is 0. The van der Waals surface area contributed by atoms with Crippen LogP contribution in [-0.4, -0.2) is 35.9 Å². The Morgan fingerprint density at radius 2 is 1.70 bits per heavy atom. The van der Waals surface area contributed by atoms with Crippen LogP contribution in [0.15, 0.2) is 0 Å². The van der Waals surface area contributed by atoms with Gasteiger partial charge in [0.1, 0.15) is 6.04 Å². The van der Waals surface area contributed by atoms with Crippen molar-refractivity contribution in [3.63, 3.8) is 0 Å². The minimum absolute atomic E-state index is 0.0679. The van der Waals surface area contributed by atoms with Gasteiger partial charge in [-0.1, -0.05) is 20.8 Å². The topological polar surface area (TPSA) is 78.4 Å². The first-order chi connectivity index (χ1) is 8.93. The number of carbonyl (C=O) groups excluding carboxylic acids is 1. The van der Waals surface area contributed by atoms with Gasteiger partial charge in [0.05, 0.1) is 0 Å². The standard InChI is InChI=1S/C12H21F3N2O3/c1-11(2,3)8(9(18)19)17-10(20)16-7-5-4-6-12(13,14)15/h8H,4-7H2,1-3H3,(H,18,19)(H2,16,17,20)/t8-/m0/s1. The van der Waals surface area contributed by atoms with Gasteiger partial charge in [-0.25, -0.2) is 9.59 Å². The Hall–Kier alpha value is -1.47. The van der Waals surface area contributed by atoms with Gasteiger partial charge >= 0.3 is 18.2 Å². The average molecular weight is 298 g/mol. The van der Waals surface area contributed by atoms with Crippen molar-refractivity contribution < 1.29 is 27.9 Å². The lowest BCUT2D eigenvalue weighted by molar-refractivity contribution is -0.142. The number of hydrogen-bond donors (Lipinski definition) is 3. The maximum absolute atomic E-state index is 11.9. The summed E-state index contributed by atoms with van der Waals surface area (Å²) in [5.74, 6) is -1.16. The Balaban J connectivity index is 4.02. The highest BCUT2D eigenvalue weighted by Gasteiger charge is 2.32. The van der Waals surface area contributed by atoms with Gasteiger partial charge in [0.2, 0.25) is 0 Å². The number of aliphatic carboxylic acids is 1. The van der Waals surface area contributed by atoms with Crippen LogP contribution in [0.1, 0.15) is 40.0 Å². The molecule has 0 aromatic rings. The zero-order valence-corrected chi connectivity index (χ0v) is 11.8.